The average Bonchev–Trinajstić information content (AvgIpc) is 2.76. The minimum atomic E-state index is -1.19. The Kier molecular flexibility index (Phi) is 4.30. The van der Waals surface area contributed by atoms with Gasteiger partial charge in [-0.05, 0) is 42.0 Å². The topological polar surface area (TPSA) is 57.6 Å². The molecule has 2 aromatic rings. The molecule has 1 N–H and O–H groups in total. The second-order valence-electron chi connectivity index (χ2n) is 5.18. The monoisotopic (exact) mass is 365 g/mol. The minimum Gasteiger partial charge on any atom is -0.480 e. The van der Waals surface area contributed by atoms with Crippen LogP contribution in [0.4, 0.5) is 10.1 Å². The third-order valence-corrected chi connectivity index (χ3v) is 4.30. The molecule has 1 aliphatic heterocycles. The number of nitrogens with zero attached hydrogens (tertiary/aromatic N) is 1. The van der Waals surface area contributed by atoms with Gasteiger partial charge >= 0.3 is 5.97 Å². The molecule has 1 aliphatic rings. The Bertz CT molecular complexity index is 895. The van der Waals surface area contributed by atoms with Crippen LogP contribution < -0.4 is 4.90 Å². The van der Waals surface area contributed by atoms with Crippen molar-refractivity contribution in [2.45, 2.75) is 0 Å². The molecule has 1 amide bonds. The van der Waals surface area contributed by atoms with Gasteiger partial charge in [-0.15, -0.1) is 0 Å². The number of halogens is 3. The van der Waals surface area contributed by atoms with Gasteiger partial charge in [0.1, 0.15) is 12.4 Å². The first-order valence-electron chi connectivity index (χ1n) is 6.87. The number of carbonyl (C=O) groups excluding carboxylic acids is 1. The normalized spacial score (nSPS) is 15.0. The highest BCUT2D eigenvalue weighted by Crippen LogP contribution is 2.38. The predicted octanol–water partition coefficient (Wildman–Crippen LogP) is 4.10. The van der Waals surface area contributed by atoms with Gasteiger partial charge in [0.2, 0.25) is 0 Å². The lowest BCUT2D eigenvalue weighted by Gasteiger charge is -2.13. The van der Waals surface area contributed by atoms with Crippen molar-refractivity contribution in [2.24, 2.45) is 0 Å². The van der Waals surface area contributed by atoms with Gasteiger partial charge in [0.25, 0.3) is 5.91 Å². The summed E-state index contributed by atoms with van der Waals surface area (Å²) in [6.45, 7) is -0.548. The van der Waals surface area contributed by atoms with Crippen LogP contribution in [0.15, 0.2) is 36.4 Å². The van der Waals surface area contributed by atoms with Crippen molar-refractivity contribution >= 4 is 52.4 Å². The summed E-state index contributed by atoms with van der Waals surface area (Å²) in [6, 6.07) is 8.68. The second kappa shape index (κ2) is 6.26. The van der Waals surface area contributed by atoms with Crippen LogP contribution in [0.5, 0.6) is 0 Å². The van der Waals surface area contributed by atoms with Crippen LogP contribution in [0.3, 0.4) is 0 Å². The molecule has 0 aromatic heterocycles. The van der Waals surface area contributed by atoms with Crippen LogP contribution in [0, 0.1) is 5.82 Å². The smallest absolute Gasteiger partial charge is 0.323 e. The highest BCUT2D eigenvalue weighted by atomic mass is 35.5. The Balaban J connectivity index is 2.11. The molecule has 2 aromatic carbocycles. The van der Waals surface area contributed by atoms with Crippen molar-refractivity contribution < 1.29 is 19.1 Å². The van der Waals surface area contributed by atoms with Crippen molar-refractivity contribution in [3.05, 3.63) is 63.4 Å². The lowest BCUT2D eigenvalue weighted by atomic mass is 10.0. The highest BCUT2D eigenvalue weighted by Gasteiger charge is 2.33. The lowest BCUT2D eigenvalue weighted by molar-refractivity contribution is -0.136. The van der Waals surface area contributed by atoms with E-state index in [4.69, 9.17) is 28.3 Å². The number of fused-ring (bicyclic) bond motifs is 1. The van der Waals surface area contributed by atoms with E-state index < -0.39 is 24.2 Å². The quantitative estimate of drug-likeness (QED) is 0.832. The molecule has 0 aliphatic carbocycles. The Hall–Kier alpha value is -2.37. The standard InChI is InChI=1S/C17H10Cl2FNO3/c18-13-4-1-9(6-14(13)19)5-12-11-3-2-10(20)7-15(11)21(17(12)24)8-16(22)23/h1-7H,8H2,(H,22,23)/b12-5-. The van der Waals surface area contributed by atoms with E-state index >= 15 is 0 Å². The molecule has 0 saturated carbocycles. The van der Waals surface area contributed by atoms with Gasteiger partial charge in [-0.25, -0.2) is 4.39 Å². The van der Waals surface area contributed by atoms with Crippen molar-refractivity contribution in [2.75, 3.05) is 11.4 Å². The zero-order chi connectivity index (χ0) is 17.4. The number of benzene rings is 2. The highest BCUT2D eigenvalue weighted by molar-refractivity contribution is 6.42. The fourth-order valence-corrected chi connectivity index (χ4v) is 2.83. The lowest BCUT2D eigenvalue weighted by Crippen LogP contribution is -2.32. The summed E-state index contributed by atoms with van der Waals surface area (Å²) < 4.78 is 13.5. The van der Waals surface area contributed by atoms with Gasteiger partial charge in [0.15, 0.2) is 0 Å². The molecule has 0 fully saturated rings. The molecule has 4 nitrogen and oxygen atoms in total. The zero-order valence-electron chi connectivity index (χ0n) is 12.1. The van der Waals surface area contributed by atoms with Crippen LogP contribution in [0.25, 0.3) is 11.6 Å². The first kappa shape index (κ1) is 16.5. The number of carboxylic acid groups (broad SMARTS) is 1. The van der Waals surface area contributed by atoms with E-state index in [0.717, 1.165) is 11.0 Å². The molecule has 0 bridgehead atoms. The van der Waals surface area contributed by atoms with Crippen molar-refractivity contribution in [1.29, 1.82) is 0 Å². The molecule has 0 atom stereocenters. The van der Waals surface area contributed by atoms with E-state index in [1.54, 1.807) is 24.3 Å². The molecule has 122 valence electrons. The Morgan fingerprint density at radius 1 is 1.17 bits per heavy atom. The van der Waals surface area contributed by atoms with Crippen molar-refractivity contribution in [3.8, 4) is 0 Å². The summed E-state index contributed by atoms with van der Waals surface area (Å²) in [5.74, 6) is -2.24. The zero-order valence-corrected chi connectivity index (χ0v) is 13.6. The molecule has 0 unspecified atom stereocenters. The van der Waals surface area contributed by atoms with Crippen LogP contribution in [-0.2, 0) is 9.59 Å². The van der Waals surface area contributed by atoms with Gasteiger partial charge in [-0.2, -0.15) is 0 Å². The van der Waals surface area contributed by atoms with Crippen LogP contribution >= 0.6 is 23.2 Å². The van der Waals surface area contributed by atoms with Gasteiger partial charge in [-0.3, -0.25) is 14.5 Å². The summed E-state index contributed by atoms with van der Waals surface area (Å²) >= 11 is 11.8. The van der Waals surface area contributed by atoms with Crippen molar-refractivity contribution in [1.82, 2.24) is 0 Å². The van der Waals surface area contributed by atoms with Gasteiger partial charge in [0.05, 0.1) is 15.7 Å². The third-order valence-electron chi connectivity index (χ3n) is 3.56. The van der Waals surface area contributed by atoms with E-state index in [0.29, 0.717) is 21.2 Å². The summed E-state index contributed by atoms with van der Waals surface area (Å²) in [6.07, 6.45) is 1.57. The Labute approximate surface area is 146 Å². The van der Waals surface area contributed by atoms with E-state index in [1.807, 2.05) is 0 Å². The molecule has 1 heterocycles. The van der Waals surface area contributed by atoms with Gasteiger partial charge in [0, 0.05) is 11.1 Å². The van der Waals surface area contributed by atoms with Crippen LogP contribution in [0.1, 0.15) is 11.1 Å². The van der Waals surface area contributed by atoms with E-state index in [2.05, 4.69) is 0 Å². The number of hydrogen-bond donors (Lipinski definition) is 1. The van der Waals surface area contributed by atoms with E-state index in [1.165, 1.54) is 12.1 Å². The number of aliphatic carboxylic acids is 1. The largest absolute Gasteiger partial charge is 0.480 e. The number of amides is 1. The number of carboxylic acids is 1. The van der Waals surface area contributed by atoms with Gasteiger partial charge < -0.3 is 5.11 Å². The molecule has 7 heteroatoms. The number of carbonyl (C=O) groups is 2. The number of rotatable bonds is 3. The average molecular weight is 366 g/mol. The molecular weight excluding hydrogens is 356 g/mol. The Morgan fingerprint density at radius 3 is 2.58 bits per heavy atom. The second-order valence-corrected chi connectivity index (χ2v) is 5.99. The van der Waals surface area contributed by atoms with E-state index in [9.17, 15) is 14.0 Å². The summed E-state index contributed by atoms with van der Waals surface area (Å²) in [5.41, 5.74) is 1.59. The van der Waals surface area contributed by atoms with Crippen LogP contribution in [-0.4, -0.2) is 23.5 Å². The maximum atomic E-state index is 13.5. The molecule has 0 saturated heterocycles. The molecular formula is C17H10Cl2FNO3. The first-order valence-corrected chi connectivity index (χ1v) is 7.63. The first-order chi connectivity index (χ1) is 11.4. The fraction of sp³-hybridized carbons (Fsp3) is 0.0588. The molecule has 24 heavy (non-hydrogen) atoms. The summed E-state index contributed by atoms with van der Waals surface area (Å²) in [4.78, 5) is 24.6. The Morgan fingerprint density at radius 2 is 1.92 bits per heavy atom. The molecule has 0 radical (unpaired) electrons. The summed E-state index contributed by atoms with van der Waals surface area (Å²) in [7, 11) is 0. The molecule has 0 spiro atoms. The third kappa shape index (κ3) is 3.00. The van der Waals surface area contributed by atoms with Crippen LogP contribution in [0.2, 0.25) is 10.0 Å². The maximum Gasteiger partial charge on any atom is 0.323 e. The maximum absolute atomic E-state index is 13.5. The fourth-order valence-electron chi connectivity index (χ4n) is 2.53. The number of hydrogen-bond acceptors (Lipinski definition) is 2. The predicted molar refractivity (Wildman–Crippen MR) is 90.7 cm³/mol. The van der Waals surface area contributed by atoms with Crippen molar-refractivity contribution in [3.63, 3.8) is 0 Å². The van der Waals surface area contributed by atoms with E-state index in [-0.39, 0.29) is 11.3 Å². The SMILES string of the molecule is O=C(O)CN1C(=O)/C(=C\c2ccc(Cl)c(Cl)c2)c2ccc(F)cc21. The number of anilines is 1. The summed E-state index contributed by atoms with van der Waals surface area (Å²) in [5, 5.41) is 9.70. The minimum absolute atomic E-state index is 0.230. The van der Waals surface area contributed by atoms with Gasteiger partial charge in [-0.1, -0.05) is 29.3 Å². The molecule has 3 rings (SSSR count).